The van der Waals surface area contributed by atoms with Crippen molar-refractivity contribution in [3.8, 4) is 0 Å². The smallest absolute Gasteiger partial charge is 0.129 e. The van der Waals surface area contributed by atoms with E-state index in [1.165, 1.54) is 146 Å². The van der Waals surface area contributed by atoms with Gasteiger partial charge in [-0.05, 0) is 25.7 Å². The number of benzene rings is 2. The van der Waals surface area contributed by atoms with E-state index in [1.54, 1.807) is 0 Å². The SMILES string of the molecule is C[N+]1(CCCCCCCC[N+]2(C)CC[N+](C)(Cc3ccccc3)CC2)CC[N+](C)(Cc2ccccc2)CC1. The first-order valence-corrected chi connectivity index (χ1v) is 15.6. The Hall–Kier alpha value is -1.72. The van der Waals surface area contributed by atoms with Gasteiger partial charge in [-0.25, -0.2) is 0 Å². The van der Waals surface area contributed by atoms with E-state index >= 15 is 0 Å². The molecule has 0 N–H and O–H groups in total. The van der Waals surface area contributed by atoms with Crippen molar-refractivity contribution >= 4 is 0 Å². The molecule has 4 nitrogen and oxygen atoms in total. The Morgan fingerprint density at radius 3 is 1.03 bits per heavy atom. The molecular weight excluding hydrogens is 464 g/mol. The molecule has 0 amide bonds. The number of likely N-dealkylation sites (N-methyl/N-ethyl adjacent to an activating group) is 4. The second-order valence-electron chi connectivity index (χ2n) is 14.1. The fourth-order valence-corrected chi connectivity index (χ4v) is 6.88. The highest BCUT2D eigenvalue weighted by Crippen LogP contribution is 2.22. The molecule has 38 heavy (non-hydrogen) atoms. The summed E-state index contributed by atoms with van der Waals surface area (Å²) in [6.45, 7) is 15.7. The number of hydrogen-bond donors (Lipinski definition) is 0. The number of quaternary nitrogens is 4. The average molecular weight is 523 g/mol. The molecule has 2 aromatic carbocycles. The molecule has 0 atom stereocenters. The summed E-state index contributed by atoms with van der Waals surface area (Å²) in [7, 11) is 9.95. The maximum absolute atomic E-state index is 2.51. The van der Waals surface area contributed by atoms with E-state index < -0.39 is 0 Å². The van der Waals surface area contributed by atoms with E-state index in [-0.39, 0.29) is 0 Å². The van der Waals surface area contributed by atoms with E-state index in [0.717, 1.165) is 0 Å². The second-order valence-corrected chi connectivity index (χ2v) is 14.1. The van der Waals surface area contributed by atoms with E-state index in [4.69, 9.17) is 0 Å². The van der Waals surface area contributed by atoms with Gasteiger partial charge in [-0.3, -0.25) is 0 Å². The molecule has 2 aliphatic rings. The Bertz CT molecular complexity index is 861. The molecule has 0 unspecified atom stereocenters. The third kappa shape index (κ3) is 8.91. The van der Waals surface area contributed by atoms with Gasteiger partial charge in [0.1, 0.15) is 65.4 Å². The Labute approximate surface area is 234 Å². The van der Waals surface area contributed by atoms with Gasteiger partial charge in [0.2, 0.25) is 0 Å². The minimum absolute atomic E-state index is 1.19. The maximum Gasteiger partial charge on any atom is 0.129 e. The Balaban J connectivity index is 1.04. The summed E-state index contributed by atoms with van der Waals surface area (Å²) < 4.78 is 5.00. The van der Waals surface area contributed by atoms with Crippen molar-refractivity contribution in [2.45, 2.75) is 51.6 Å². The molecule has 0 bridgehead atoms. The lowest BCUT2D eigenvalue weighted by Crippen LogP contribution is -2.63. The lowest BCUT2D eigenvalue weighted by atomic mass is 10.1. The number of unbranched alkanes of at least 4 members (excludes halogenated alkanes) is 5. The normalized spacial score (nSPS) is 31.8. The lowest BCUT2D eigenvalue weighted by Gasteiger charge is -2.46. The van der Waals surface area contributed by atoms with Gasteiger partial charge in [-0.15, -0.1) is 0 Å². The summed E-state index contributed by atoms with van der Waals surface area (Å²) in [5.41, 5.74) is 2.98. The number of piperazine rings is 2. The summed E-state index contributed by atoms with van der Waals surface area (Å²) in [6, 6.07) is 22.2. The van der Waals surface area contributed by atoms with Gasteiger partial charge in [0.15, 0.2) is 0 Å². The van der Waals surface area contributed by atoms with Crippen LogP contribution in [0.4, 0.5) is 0 Å². The number of nitrogens with zero attached hydrogens (tertiary/aromatic N) is 4. The minimum atomic E-state index is 1.19. The van der Waals surface area contributed by atoms with Gasteiger partial charge in [0.05, 0.1) is 41.3 Å². The van der Waals surface area contributed by atoms with Crippen LogP contribution < -0.4 is 0 Å². The molecule has 210 valence electrons. The predicted molar refractivity (Wildman–Crippen MR) is 161 cm³/mol. The van der Waals surface area contributed by atoms with Crippen molar-refractivity contribution < 1.29 is 17.9 Å². The highest BCUT2D eigenvalue weighted by molar-refractivity contribution is 5.14. The van der Waals surface area contributed by atoms with Gasteiger partial charge in [0.25, 0.3) is 0 Å². The molecule has 2 aliphatic heterocycles. The largest absolute Gasteiger partial charge is 0.317 e. The van der Waals surface area contributed by atoms with Crippen molar-refractivity contribution in [3.63, 3.8) is 0 Å². The summed E-state index contributed by atoms with van der Waals surface area (Å²) in [4.78, 5) is 0. The molecule has 2 saturated heterocycles. The first-order valence-electron chi connectivity index (χ1n) is 15.6. The molecule has 4 heteroatoms. The first-order chi connectivity index (χ1) is 18.2. The molecule has 4 rings (SSSR count). The van der Waals surface area contributed by atoms with Crippen LogP contribution in [0.2, 0.25) is 0 Å². The molecule has 0 aromatic heterocycles. The van der Waals surface area contributed by atoms with Crippen LogP contribution >= 0.6 is 0 Å². The van der Waals surface area contributed by atoms with Gasteiger partial charge < -0.3 is 17.9 Å². The average Bonchev–Trinajstić information content (AvgIpc) is 2.91. The third-order valence-electron chi connectivity index (χ3n) is 10.2. The van der Waals surface area contributed by atoms with Crippen molar-refractivity contribution in [3.05, 3.63) is 71.8 Å². The van der Waals surface area contributed by atoms with Crippen LogP contribution in [0.1, 0.15) is 49.7 Å². The van der Waals surface area contributed by atoms with E-state index in [0.29, 0.717) is 0 Å². The molecule has 2 fully saturated rings. The first kappa shape index (κ1) is 29.3. The number of hydrogen-bond acceptors (Lipinski definition) is 0. The van der Waals surface area contributed by atoms with Crippen LogP contribution in [0.25, 0.3) is 0 Å². The van der Waals surface area contributed by atoms with Gasteiger partial charge >= 0.3 is 0 Å². The van der Waals surface area contributed by atoms with E-state index in [2.05, 4.69) is 88.9 Å². The molecule has 0 radical (unpaired) electrons. The van der Waals surface area contributed by atoms with E-state index in [9.17, 15) is 0 Å². The Morgan fingerprint density at radius 1 is 0.395 bits per heavy atom. The summed E-state index contributed by atoms with van der Waals surface area (Å²) in [5, 5.41) is 0. The lowest BCUT2D eigenvalue weighted by molar-refractivity contribution is -1.02. The third-order valence-corrected chi connectivity index (χ3v) is 10.2. The van der Waals surface area contributed by atoms with Gasteiger partial charge in [-0.1, -0.05) is 73.5 Å². The van der Waals surface area contributed by atoms with Crippen molar-refractivity contribution in [1.82, 2.24) is 0 Å². The zero-order valence-electron chi connectivity index (χ0n) is 25.3. The molecule has 2 heterocycles. The standard InChI is InChI=1S/C34H58N4/c1-35(23-27-37(3,28-24-35)31-33-17-11-9-12-18-33)21-15-7-5-6-8-16-22-36(2)25-29-38(4,30-26-36)32-34-19-13-10-14-20-34/h9-14,17-20H,5-8,15-16,21-32H2,1-4H3/q+4. The maximum atomic E-state index is 2.51. The van der Waals surface area contributed by atoms with Crippen LogP contribution in [-0.4, -0.2) is 112 Å². The molecular formula is C34H58N4+4. The quantitative estimate of drug-likeness (QED) is 0.239. The highest BCUT2D eigenvalue weighted by Gasteiger charge is 2.37. The topological polar surface area (TPSA) is 0 Å². The van der Waals surface area contributed by atoms with Gasteiger partial charge in [0, 0.05) is 11.1 Å². The van der Waals surface area contributed by atoms with Crippen molar-refractivity contribution in [2.24, 2.45) is 0 Å². The second kappa shape index (κ2) is 13.1. The monoisotopic (exact) mass is 522 g/mol. The van der Waals surface area contributed by atoms with Crippen LogP contribution in [-0.2, 0) is 13.1 Å². The zero-order valence-corrected chi connectivity index (χ0v) is 25.3. The summed E-state index contributed by atoms with van der Waals surface area (Å²) in [5.74, 6) is 0. The van der Waals surface area contributed by atoms with Crippen LogP contribution in [0.3, 0.4) is 0 Å². The Kier molecular flexibility index (Phi) is 10.1. The molecule has 0 saturated carbocycles. The van der Waals surface area contributed by atoms with Crippen molar-refractivity contribution in [2.75, 3.05) is 93.6 Å². The van der Waals surface area contributed by atoms with Crippen LogP contribution in [0.5, 0.6) is 0 Å². The molecule has 2 aromatic rings. The van der Waals surface area contributed by atoms with Crippen LogP contribution in [0.15, 0.2) is 60.7 Å². The zero-order chi connectivity index (χ0) is 27.0. The van der Waals surface area contributed by atoms with Gasteiger partial charge in [-0.2, -0.15) is 0 Å². The predicted octanol–water partition coefficient (Wildman–Crippen LogP) is 5.54. The number of rotatable bonds is 13. The van der Waals surface area contributed by atoms with E-state index in [1.807, 2.05) is 0 Å². The summed E-state index contributed by atoms with van der Waals surface area (Å²) in [6.07, 6.45) is 8.51. The fraction of sp³-hybridized carbons (Fsp3) is 0.647. The Morgan fingerprint density at radius 2 is 0.684 bits per heavy atom. The summed E-state index contributed by atoms with van der Waals surface area (Å²) >= 11 is 0. The highest BCUT2D eigenvalue weighted by atomic mass is 15.5. The van der Waals surface area contributed by atoms with Crippen molar-refractivity contribution in [1.29, 1.82) is 0 Å². The minimum Gasteiger partial charge on any atom is -0.317 e. The molecule has 0 aliphatic carbocycles. The fourth-order valence-electron chi connectivity index (χ4n) is 6.88. The molecule has 0 spiro atoms. The van der Waals surface area contributed by atoms with Crippen LogP contribution in [0, 0.1) is 0 Å².